The molecule has 2 aromatic rings. The Morgan fingerprint density at radius 2 is 2.15 bits per heavy atom. The predicted octanol–water partition coefficient (Wildman–Crippen LogP) is 2.03. The Hall–Kier alpha value is -1.64. The number of para-hydroxylation sites is 1. The average Bonchev–Trinajstić information content (AvgIpc) is 2.18. The Morgan fingerprint density at radius 3 is 3.00 bits per heavy atom. The molecule has 2 rings (SSSR count). The molecule has 0 amide bonds. The summed E-state index contributed by atoms with van der Waals surface area (Å²) in [5.74, 6) is 0. The van der Waals surface area contributed by atoms with E-state index in [-0.39, 0.29) is 0 Å². The molecule has 1 heterocycles. The van der Waals surface area contributed by atoms with Gasteiger partial charge in [0.1, 0.15) is 0 Å². The SMILES string of the molecule is CCOc1ncc2ccccc2n1. The number of aromatic nitrogens is 2. The highest BCUT2D eigenvalue weighted by molar-refractivity contribution is 5.77. The zero-order chi connectivity index (χ0) is 9.10. The van der Waals surface area contributed by atoms with E-state index in [1.165, 1.54) is 0 Å². The van der Waals surface area contributed by atoms with Crippen molar-refractivity contribution in [2.75, 3.05) is 6.61 Å². The lowest BCUT2D eigenvalue weighted by molar-refractivity contribution is 0.314. The van der Waals surface area contributed by atoms with Crippen molar-refractivity contribution in [3.8, 4) is 6.01 Å². The Kier molecular flexibility index (Phi) is 2.08. The van der Waals surface area contributed by atoms with Crippen molar-refractivity contribution in [2.45, 2.75) is 6.92 Å². The molecule has 0 atom stereocenters. The van der Waals surface area contributed by atoms with Gasteiger partial charge in [0, 0.05) is 11.6 Å². The maximum absolute atomic E-state index is 5.19. The van der Waals surface area contributed by atoms with Gasteiger partial charge >= 0.3 is 6.01 Å². The van der Waals surface area contributed by atoms with Crippen LogP contribution in [0, 0.1) is 0 Å². The van der Waals surface area contributed by atoms with Crippen LogP contribution in [0.4, 0.5) is 0 Å². The van der Waals surface area contributed by atoms with E-state index < -0.39 is 0 Å². The van der Waals surface area contributed by atoms with Gasteiger partial charge in [-0.15, -0.1) is 0 Å². The molecule has 3 heteroatoms. The van der Waals surface area contributed by atoms with Crippen LogP contribution in [0.1, 0.15) is 6.92 Å². The van der Waals surface area contributed by atoms with Crippen molar-refractivity contribution in [3.05, 3.63) is 30.5 Å². The minimum atomic E-state index is 0.446. The Balaban J connectivity index is 2.49. The molecule has 1 aromatic carbocycles. The highest BCUT2D eigenvalue weighted by atomic mass is 16.5. The van der Waals surface area contributed by atoms with Gasteiger partial charge in [-0.25, -0.2) is 4.98 Å². The second-order valence-electron chi connectivity index (χ2n) is 2.64. The normalized spacial score (nSPS) is 10.2. The van der Waals surface area contributed by atoms with E-state index in [1.54, 1.807) is 6.20 Å². The molecular weight excluding hydrogens is 164 g/mol. The number of benzene rings is 1. The lowest BCUT2D eigenvalue weighted by atomic mass is 10.2. The number of hydrogen-bond acceptors (Lipinski definition) is 3. The van der Waals surface area contributed by atoms with Crippen LogP contribution >= 0.6 is 0 Å². The zero-order valence-corrected chi connectivity index (χ0v) is 7.40. The highest BCUT2D eigenvalue weighted by Gasteiger charge is 1.97. The van der Waals surface area contributed by atoms with Gasteiger partial charge in [0.15, 0.2) is 0 Å². The molecule has 0 aliphatic rings. The fourth-order valence-electron chi connectivity index (χ4n) is 1.15. The first kappa shape index (κ1) is 7.98. The van der Waals surface area contributed by atoms with Crippen LogP contribution in [0.5, 0.6) is 6.01 Å². The van der Waals surface area contributed by atoms with Crippen molar-refractivity contribution in [1.29, 1.82) is 0 Å². The first-order valence-electron chi connectivity index (χ1n) is 4.24. The van der Waals surface area contributed by atoms with E-state index in [9.17, 15) is 0 Å². The summed E-state index contributed by atoms with van der Waals surface area (Å²) >= 11 is 0. The molecule has 66 valence electrons. The molecular formula is C10H10N2O. The summed E-state index contributed by atoms with van der Waals surface area (Å²) < 4.78 is 5.19. The molecule has 0 saturated carbocycles. The summed E-state index contributed by atoms with van der Waals surface area (Å²) in [6, 6.07) is 8.28. The predicted molar refractivity (Wildman–Crippen MR) is 50.7 cm³/mol. The van der Waals surface area contributed by atoms with Gasteiger partial charge in [-0.1, -0.05) is 18.2 Å². The van der Waals surface area contributed by atoms with E-state index in [2.05, 4.69) is 9.97 Å². The quantitative estimate of drug-likeness (QED) is 0.698. The van der Waals surface area contributed by atoms with Gasteiger partial charge in [-0.2, -0.15) is 4.98 Å². The third-order valence-corrected chi connectivity index (χ3v) is 1.74. The molecule has 0 aliphatic carbocycles. The Labute approximate surface area is 76.4 Å². The molecule has 0 aliphatic heterocycles. The van der Waals surface area contributed by atoms with Gasteiger partial charge in [-0.05, 0) is 13.0 Å². The molecule has 3 nitrogen and oxygen atoms in total. The number of hydrogen-bond donors (Lipinski definition) is 0. The first-order valence-corrected chi connectivity index (χ1v) is 4.24. The molecule has 0 unspecified atom stereocenters. The fraction of sp³-hybridized carbons (Fsp3) is 0.200. The summed E-state index contributed by atoms with van der Waals surface area (Å²) in [6.45, 7) is 2.51. The fourth-order valence-corrected chi connectivity index (χ4v) is 1.15. The van der Waals surface area contributed by atoms with Crippen molar-refractivity contribution in [2.24, 2.45) is 0 Å². The minimum absolute atomic E-state index is 0.446. The van der Waals surface area contributed by atoms with E-state index in [1.807, 2.05) is 31.2 Å². The maximum Gasteiger partial charge on any atom is 0.316 e. The molecule has 0 fully saturated rings. The first-order chi connectivity index (χ1) is 6.40. The van der Waals surface area contributed by atoms with E-state index in [0.29, 0.717) is 12.6 Å². The summed E-state index contributed by atoms with van der Waals surface area (Å²) in [6.07, 6.45) is 1.77. The van der Waals surface area contributed by atoms with E-state index in [0.717, 1.165) is 10.9 Å². The third-order valence-electron chi connectivity index (χ3n) is 1.74. The third kappa shape index (κ3) is 1.59. The van der Waals surface area contributed by atoms with Gasteiger partial charge in [0.05, 0.1) is 12.1 Å². The topological polar surface area (TPSA) is 35.0 Å². The van der Waals surface area contributed by atoms with Crippen molar-refractivity contribution >= 4 is 10.9 Å². The van der Waals surface area contributed by atoms with Crippen molar-refractivity contribution in [3.63, 3.8) is 0 Å². The summed E-state index contributed by atoms with van der Waals surface area (Å²) in [5.41, 5.74) is 0.918. The maximum atomic E-state index is 5.19. The van der Waals surface area contributed by atoms with Crippen LogP contribution < -0.4 is 4.74 Å². The molecule has 0 saturated heterocycles. The van der Waals surface area contributed by atoms with Gasteiger partial charge in [-0.3, -0.25) is 0 Å². The van der Waals surface area contributed by atoms with Crippen LogP contribution in [0.15, 0.2) is 30.5 Å². The van der Waals surface area contributed by atoms with E-state index in [4.69, 9.17) is 4.74 Å². The molecule has 13 heavy (non-hydrogen) atoms. The molecule has 0 N–H and O–H groups in total. The second-order valence-corrected chi connectivity index (χ2v) is 2.64. The van der Waals surface area contributed by atoms with Crippen LogP contribution in [-0.2, 0) is 0 Å². The minimum Gasteiger partial charge on any atom is -0.464 e. The number of nitrogens with zero attached hydrogens (tertiary/aromatic N) is 2. The van der Waals surface area contributed by atoms with Gasteiger partial charge in [0.2, 0.25) is 0 Å². The number of fused-ring (bicyclic) bond motifs is 1. The largest absolute Gasteiger partial charge is 0.464 e. The van der Waals surface area contributed by atoms with Crippen LogP contribution in [-0.4, -0.2) is 16.6 Å². The zero-order valence-electron chi connectivity index (χ0n) is 7.40. The highest BCUT2D eigenvalue weighted by Crippen LogP contribution is 2.12. The van der Waals surface area contributed by atoms with E-state index >= 15 is 0 Å². The van der Waals surface area contributed by atoms with Crippen LogP contribution in [0.2, 0.25) is 0 Å². The summed E-state index contributed by atoms with van der Waals surface area (Å²) in [7, 11) is 0. The smallest absolute Gasteiger partial charge is 0.316 e. The molecule has 0 spiro atoms. The van der Waals surface area contributed by atoms with Crippen LogP contribution in [0.25, 0.3) is 10.9 Å². The van der Waals surface area contributed by atoms with Gasteiger partial charge < -0.3 is 4.74 Å². The number of rotatable bonds is 2. The summed E-state index contributed by atoms with van der Waals surface area (Å²) in [4.78, 5) is 8.29. The monoisotopic (exact) mass is 174 g/mol. The van der Waals surface area contributed by atoms with Crippen molar-refractivity contribution < 1.29 is 4.74 Å². The Morgan fingerprint density at radius 1 is 1.31 bits per heavy atom. The number of ether oxygens (including phenoxy) is 1. The van der Waals surface area contributed by atoms with Crippen LogP contribution in [0.3, 0.4) is 0 Å². The van der Waals surface area contributed by atoms with Gasteiger partial charge in [0.25, 0.3) is 0 Å². The lowest BCUT2D eigenvalue weighted by Gasteiger charge is -2.01. The lowest BCUT2D eigenvalue weighted by Crippen LogP contribution is -1.96. The molecule has 0 bridgehead atoms. The second kappa shape index (κ2) is 3.39. The molecule has 0 radical (unpaired) electrons. The molecule has 1 aromatic heterocycles. The Bertz CT molecular complexity index is 414. The summed E-state index contributed by atoms with van der Waals surface area (Å²) in [5, 5.41) is 1.03. The standard InChI is InChI=1S/C10H10N2O/c1-2-13-10-11-7-8-5-3-4-6-9(8)12-10/h3-7H,2H2,1H3. The average molecular weight is 174 g/mol. The van der Waals surface area contributed by atoms with Crippen molar-refractivity contribution in [1.82, 2.24) is 9.97 Å².